The third kappa shape index (κ3) is 4.28. The number of amides is 1. The van der Waals surface area contributed by atoms with Crippen LogP contribution in [0.3, 0.4) is 0 Å². The molecule has 2 saturated carbocycles. The Labute approximate surface area is 170 Å². The van der Waals surface area contributed by atoms with Crippen LogP contribution in [0.4, 0.5) is 10.1 Å². The Morgan fingerprint density at radius 3 is 2.34 bits per heavy atom. The number of hydrogen-bond acceptors (Lipinski definition) is 5. The topological polar surface area (TPSA) is 66.9 Å². The van der Waals surface area contributed by atoms with E-state index in [4.69, 9.17) is 4.74 Å². The molecule has 2 bridgehead atoms. The first-order chi connectivity index (χ1) is 14.0. The monoisotopic (exact) mass is 402 g/mol. The van der Waals surface area contributed by atoms with Crippen molar-refractivity contribution in [3.05, 3.63) is 30.1 Å². The largest absolute Gasteiger partial charge is 0.455 e. The van der Waals surface area contributed by atoms with E-state index >= 15 is 0 Å². The molecule has 156 valence electrons. The molecule has 2 aliphatic carbocycles. The molecule has 1 amide bonds. The van der Waals surface area contributed by atoms with E-state index in [0.717, 1.165) is 19.3 Å². The normalized spacial score (nSPS) is 26.9. The number of anilines is 1. The molecule has 1 aromatic rings. The van der Waals surface area contributed by atoms with Crippen LogP contribution < -0.4 is 4.90 Å². The molecule has 3 aliphatic rings. The summed E-state index contributed by atoms with van der Waals surface area (Å²) < 4.78 is 19.2. The SMILES string of the molecule is O=C(OCC(=O)N1CCN(c2ccccc2F)CC1)C1C[C@H]2CCC[C@@H](C1)C2=O. The number of Topliss-reactive ketones (excluding diaryl/α,β-unsaturated/α-hetero) is 1. The minimum Gasteiger partial charge on any atom is -0.455 e. The molecule has 29 heavy (non-hydrogen) atoms. The Morgan fingerprint density at radius 1 is 1.03 bits per heavy atom. The summed E-state index contributed by atoms with van der Waals surface area (Å²) in [5.74, 6) is -0.828. The molecule has 1 saturated heterocycles. The third-order valence-corrected chi connectivity index (χ3v) is 6.54. The second-order valence-electron chi connectivity index (χ2n) is 8.32. The van der Waals surface area contributed by atoms with Gasteiger partial charge in [0, 0.05) is 38.0 Å². The molecule has 4 rings (SSSR count). The number of esters is 1. The lowest BCUT2D eigenvalue weighted by atomic mass is 9.67. The van der Waals surface area contributed by atoms with Crippen molar-refractivity contribution in [3.8, 4) is 0 Å². The van der Waals surface area contributed by atoms with Gasteiger partial charge in [0.2, 0.25) is 0 Å². The average molecular weight is 402 g/mol. The van der Waals surface area contributed by atoms with Crippen molar-refractivity contribution < 1.29 is 23.5 Å². The molecule has 0 radical (unpaired) electrons. The number of ketones is 1. The number of carbonyl (C=O) groups excluding carboxylic acids is 3. The Hall–Kier alpha value is -2.44. The summed E-state index contributed by atoms with van der Waals surface area (Å²) in [6.07, 6.45) is 3.90. The molecule has 0 N–H and O–H groups in total. The fourth-order valence-corrected chi connectivity index (χ4v) is 4.92. The lowest BCUT2D eigenvalue weighted by Gasteiger charge is -2.37. The molecule has 1 aliphatic heterocycles. The van der Waals surface area contributed by atoms with Crippen LogP contribution in [-0.2, 0) is 19.1 Å². The summed E-state index contributed by atoms with van der Waals surface area (Å²) in [7, 11) is 0. The predicted molar refractivity (Wildman–Crippen MR) is 105 cm³/mol. The van der Waals surface area contributed by atoms with Gasteiger partial charge >= 0.3 is 5.97 Å². The highest BCUT2D eigenvalue weighted by Gasteiger charge is 2.42. The minimum atomic E-state index is -0.354. The average Bonchev–Trinajstić information content (AvgIpc) is 2.72. The van der Waals surface area contributed by atoms with E-state index in [2.05, 4.69) is 0 Å². The summed E-state index contributed by atoms with van der Waals surface area (Å²) in [4.78, 5) is 40.6. The van der Waals surface area contributed by atoms with E-state index in [0.29, 0.717) is 50.5 Å². The maximum atomic E-state index is 13.9. The van der Waals surface area contributed by atoms with Gasteiger partial charge in [-0.3, -0.25) is 14.4 Å². The summed E-state index contributed by atoms with van der Waals surface area (Å²) in [6.45, 7) is 1.74. The number of carbonyl (C=O) groups is 3. The van der Waals surface area contributed by atoms with Crippen molar-refractivity contribution in [2.45, 2.75) is 32.1 Å². The van der Waals surface area contributed by atoms with Crippen LogP contribution in [-0.4, -0.2) is 55.3 Å². The number of benzene rings is 1. The number of piperazine rings is 1. The van der Waals surface area contributed by atoms with E-state index in [-0.39, 0.29) is 42.1 Å². The van der Waals surface area contributed by atoms with Crippen molar-refractivity contribution in [2.24, 2.45) is 17.8 Å². The van der Waals surface area contributed by atoms with Crippen molar-refractivity contribution >= 4 is 23.3 Å². The molecule has 7 heteroatoms. The Bertz CT molecular complexity index is 775. The minimum absolute atomic E-state index is 0.0118. The van der Waals surface area contributed by atoms with Gasteiger partial charge in [-0.25, -0.2) is 4.39 Å². The molecule has 0 spiro atoms. The zero-order valence-electron chi connectivity index (χ0n) is 16.5. The summed E-state index contributed by atoms with van der Waals surface area (Å²) in [5, 5.41) is 0. The van der Waals surface area contributed by atoms with Crippen LogP contribution in [0.2, 0.25) is 0 Å². The van der Waals surface area contributed by atoms with Crippen LogP contribution in [0.1, 0.15) is 32.1 Å². The first-order valence-corrected chi connectivity index (χ1v) is 10.5. The summed E-state index contributed by atoms with van der Waals surface area (Å²) >= 11 is 0. The first kappa shape index (κ1) is 19.9. The van der Waals surface area contributed by atoms with Gasteiger partial charge in [0.25, 0.3) is 5.91 Å². The van der Waals surface area contributed by atoms with E-state index < -0.39 is 0 Å². The fraction of sp³-hybridized carbons (Fsp3) is 0.591. The quantitative estimate of drug-likeness (QED) is 0.724. The Kier molecular flexibility index (Phi) is 5.83. The Balaban J connectivity index is 1.24. The van der Waals surface area contributed by atoms with E-state index in [1.54, 1.807) is 23.1 Å². The van der Waals surface area contributed by atoms with Crippen molar-refractivity contribution in [3.63, 3.8) is 0 Å². The third-order valence-electron chi connectivity index (χ3n) is 6.54. The highest BCUT2D eigenvalue weighted by molar-refractivity contribution is 5.88. The molecule has 1 heterocycles. The van der Waals surface area contributed by atoms with Crippen molar-refractivity contribution in [2.75, 3.05) is 37.7 Å². The lowest BCUT2D eigenvalue weighted by molar-refractivity contribution is -0.159. The highest BCUT2D eigenvalue weighted by Crippen LogP contribution is 2.40. The standard InChI is InChI=1S/C22H27FN2O4/c23-18-6-1-2-7-19(18)24-8-10-25(11-9-24)20(26)14-29-22(28)17-12-15-4-3-5-16(13-17)21(15)27/h1-2,6-7,15-17H,3-5,8-14H2/t15-,16+,17?. The second-order valence-corrected chi connectivity index (χ2v) is 8.32. The number of ether oxygens (including phenoxy) is 1. The van der Waals surface area contributed by atoms with Crippen LogP contribution in [0.5, 0.6) is 0 Å². The number of hydrogen-bond donors (Lipinski definition) is 0. The van der Waals surface area contributed by atoms with E-state index in [1.165, 1.54) is 6.07 Å². The zero-order valence-corrected chi connectivity index (χ0v) is 16.5. The fourth-order valence-electron chi connectivity index (χ4n) is 4.92. The highest BCUT2D eigenvalue weighted by atomic mass is 19.1. The molecule has 0 aromatic heterocycles. The van der Waals surface area contributed by atoms with Gasteiger partial charge in [-0.2, -0.15) is 0 Å². The van der Waals surface area contributed by atoms with Gasteiger partial charge < -0.3 is 14.5 Å². The van der Waals surface area contributed by atoms with Crippen LogP contribution in [0.25, 0.3) is 0 Å². The maximum Gasteiger partial charge on any atom is 0.309 e. The molecule has 1 unspecified atom stereocenters. The zero-order chi connectivity index (χ0) is 20.4. The number of halogens is 1. The lowest BCUT2D eigenvalue weighted by Crippen LogP contribution is -2.50. The van der Waals surface area contributed by atoms with Gasteiger partial charge in [0.05, 0.1) is 11.6 Å². The van der Waals surface area contributed by atoms with Gasteiger partial charge in [0.15, 0.2) is 6.61 Å². The summed E-state index contributed by atoms with van der Waals surface area (Å²) in [5.41, 5.74) is 0.545. The summed E-state index contributed by atoms with van der Waals surface area (Å²) in [6, 6.07) is 6.61. The molecular formula is C22H27FN2O4. The number of nitrogens with zero attached hydrogens (tertiary/aromatic N) is 2. The van der Waals surface area contributed by atoms with Crippen LogP contribution >= 0.6 is 0 Å². The first-order valence-electron chi connectivity index (χ1n) is 10.5. The number of fused-ring (bicyclic) bond motifs is 2. The molecule has 3 atom stereocenters. The number of rotatable bonds is 4. The van der Waals surface area contributed by atoms with Crippen LogP contribution in [0.15, 0.2) is 24.3 Å². The maximum absolute atomic E-state index is 13.9. The van der Waals surface area contributed by atoms with E-state index in [1.807, 2.05) is 4.90 Å². The molecule has 3 fully saturated rings. The molecule has 1 aromatic carbocycles. The predicted octanol–water partition coefficient (Wildman–Crippen LogP) is 2.41. The van der Waals surface area contributed by atoms with Gasteiger partial charge in [-0.05, 0) is 37.8 Å². The Morgan fingerprint density at radius 2 is 1.69 bits per heavy atom. The van der Waals surface area contributed by atoms with Crippen LogP contribution in [0, 0.1) is 23.6 Å². The molecule has 6 nitrogen and oxygen atoms in total. The van der Waals surface area contributed by atoms with Gasteiger partial charge in [-0.15, -0.1) is 0 Å². The second kappa shape index (κ2) is 8.51. The van der Waals surface area contributed by atoms with Crippen molar-refractivity contribution in [1.29, 1.82) is 0 Å². The molecular weight excluding hydrogens is 375 g/mol. The van der Waals surface area contributed by atoms with Gasteiger partial charge in [-0.1, -0.05) is 18.6 Å². The number of para-hydroxylation sites is 1. The van der Waals surface area contributed by atoms with E-state index in [9.17, 15) is 18.8 Å². The van der Waals surface area contributed by atoms with Gasteiger partial charge in [0.1, 0.15) is 11.6 Å². The smallest absolute Gasteiger partial charge is 0.309 e. The van der Waals surface area contributed by atoms with Crippen molar-refractivity contribution in [1.82, 2.24) is 4.90 Å².